The van der Waals surface area contributed by atoms with Crippen LogP contribution in [0.5, 0.6) is 0 Å². The summed E-state index contributed by atoms with van der Waals surface area (Å²) >= 11 is 0. The van der Waals surface area contributed by atoms with Crippen LogP contribution in [0.25, 0.3) is 0 Å². The Kier molecular flexibility index (Phi) is 5.19. The highest BCUT2D eigenvalue weighted by Crippen LogP contribution is 2.29. The number of rotatable bonds is 7. The van der Waals surface area contributed by atoms with Gasteiger partial charge in [-0.15, -0.1) is 0 Å². The minimum atomic E-state index is -0.394. The highest BCUT2D eigenvalue weighted by molar-refractivity contribution is 5.83. The molecule has 0 bridgehead atoms. The zero-order chi connectivity index (χ0) is 13.7. The number of hydrogen-bond donors (Lipinski definition) is 2. The van der Waals surface area contributed by atoms with Crippen molar-refractivity contribution >= 4 is 5.91 Å². The minimum absolute atomic E-state index is 0.116. The molecule has 2 rings (SSSR count). The van der Waals surface area contributed by atoms with Crippen LogP contribution in [0.15, 0.2) is 0 Å². The smallest absolute Gasteiger partial charge is 0.227 e. The van der Waals surface area contributed by atoms with Gasteiger partial charge in [0.05, 0.1) is 5.41 Å². The lowest BCUT2D eigenvalue weighted by atomic mass is 9.79. The van der Waals surface area contributed by atoms with E-state index >= 15 is 0 Å². The van der Waals surface area contributed by atoms with Crippen molar-refractivity contribution in [3.63, 3.8) is 0 Å². The molecule has 5 heteroatoms. The third-order valence-electron chi connectivity index (χ3n) is 4.48. The van der Waals surface area contributed by atoms with Crippen molar-refractivity contribution in [2.75, 3.05) is 39.4 Å². The van der Waals surface area contributed by atoms with Crippen molar-refractivity contribution in [3.8, 4) is 0 Å². The summed E-state index contributed by atoms with van der Waals surface area (Å²) in [6.45, 7) is 6.64. The van der Waals surface area contributed by atoms with E-state index in [-0.39, 0.29) is 5.91 Å². The fourth-order valence-corrected chi connectivity index (χ4v) is 2.83. The van der Waals surface area contributed by atoms with E-state index in [0.29, 0.717) is 19.8 Å². The third kappa shape index (κ3) is 3.68. The predicted octanol–water partition coefficient (Wildman–Crippen LogP) is 0.342. The van der Waals surface area contributed by atoms with Crippen LogP contribution >= 0.6 is 0 Å². The summed E-state index contributed by atoms with van der Waals surface area (Å²) in [5, 5.41) is 3.08. The van der Waals surface area contributed by atoms with E-state index in [0.717, 1.165) is 38.5 Å². The average Bonchev–Trinajstić information content (AvgIpc) is 3.28. The van der Waals surface area contributed by atoms with Gasteiger partial charge in [-0.25, -0.2) is 0 Å². The maximum absolute atomic E-state index is 12.3. The highest BCUT2D eigenvalue weighted by Gasteiger charge is 2.38. The summed E-state index contributed by atoms with van der Waals surface area (Å²) in [7, 11) is 0. The molecule has 1 heterocycles. The van der Waals surface area contributed by atoms with Gasteiger partial charge in [0.1, 0.15) is 0 Å². The van der Waals surface area contributed by atoms with Gasteiger partial charge < -0.3 is 15.8 Å². The number of hydrogen-bond acceptors (Lipinski definition) is 4. The van der Waals surface area contributed by atoms with Crippen LogP contribution in [0.4, 0.5) is 0 Å². The van der Waals surface area contributed by atoms with E-state index in [1.807, 2.05) is 0 Å². The first-order valence-corrected chi connectivity index (χ1v) is 7.52. The fourth-order valence-electron chi connectivity index (χ4n) is 2.83. The van der Waals surface area contributed by atoms with Gasteiger partial charge in [0.15, 0.2) is 0 Å². The molecule has 0 aromatic rings. The van der Waals surface area contributed by atoms with Crippen LogP contribution < -0.4 is 11.1 Å². The number of carbonyl (C=O) groups is 1. The van der Waals surface area contributed by atoms with Gasteiger partial charge in [-0.3, -0.25) is 9.69 Å². The molecule has 0 spiro atoms. The van der Waals surface area contributed by atoms with Crippen molar-refractivity contribution in [2.45, 2.75) is 38.6 Å². The molecule has 5 nitrogen and oxygen atoms in total. The largest absolute Gasteiger partial charge is 0.381 e. The van der Waals surface area contributed by atoms with E-state index in [1.165, 1.54) is 12.8 Å². The Morgan fingerprint density at radius 1 is 1.42 bits per heavy atom. The monoisotopic (exact) mass is 269 g/mol. The molecule has 110 valence electrons. The molecule has 1 aliphatic carbocycles. The summed E-state index contributed by atoms with van der Waals surface area (Å²) in [5.41, 5.74) is 5.43. The summed E-state index contributed by atoms with van der Waals surface area (Å²) < 4.78 is 5.33. The Hall–Kier alpha value is -0.650. The maximum atomic E-state index is 12.3. The molecule has 0 radical (unpaired) electrons. The number of nitrogens with one attached hydrogen (secondary N) is 1. The topological polar surface area (TPSA) is 67.6 Å². The van der Waals surface area contributed by atoms with E-state index in [9.17, 15) is 4.79 Å². The lowest BCUT2D eigenvalue weighted by molar-refractivity contribution is -0.135. The van der Waals surface area contributed by atoms with Gasteiger partial charge in [-0.1, -0.05) is 6.92 Å². The minimum Gasteiger partial charge on any atom is -0.381 e. The first kappa shape index (κ1) is 14.8. The second kappa shape index (κ2) is 6.68. The molecular weight excluding hydrogens is 242 g/mol. The van der Waals surface area contributed by atoms with E-state index < -0.39 is 5.41 Å². The van der Waals surface area contributed by atoms with Crippen LogP contribution in [-0.2, 0) is 9.53 Å². The third-order valence-corrected chi connectivity index (χ3v) is 4.48. The maximum Gasteiger partial charge on any atom is 0.227 e. The number of amides is 1. The molecule has 1 saturated carbocycles. The van der Waals surface area contributed by atoms with Crippen LogP contribution in [0, 0.1) is 5.41 Å². The van der Waals surface area contributed by atoms with Crippen molar-refractivity contribution in [1.29, 1.82) is 0 Å². The summed E-state index contributed by atoms with van der Waals surface area (Å²) in [4.78, 5) is 14.8. The Morgan fingerprint density at radius 3 is 2.63 bits per heavy atom. The molecule has 0 unspecified atom stereocenters. The summed E-state index contributed by atoms with van der Waals surface area (Å²) in [6, 6.07) is 0.758. The number of ether oxygens (including phenoxy) is 1. The van der Waals surface area contributed by atoms with Crippen molar-refractivity contribution in [2.24, 2.45) is 11.1 Å². The molecule has 0 aromatic carbocycles. The zero-order valence-corrected chi connectivity index (χ0v) is 12.0. The number of likely N-dealkylation sites (N-methyl/N-ethyl adjacent to an activating group) is 1. The van der Waals surface area contributed by atoms with Gasteiger partial charge in [-0.2, -0.15) is 0 Å². The van der Waals surface area contributed by atoms with Crippen molar-refractivity contribution < 1.29 is 9.53 Å². The predicted molar refractivity (Wildman–Crippen MR) is 74.8 cm³/mol. The fraction of sp³-hybridized carbons (Fsp3) is 0.929. The summed E-state index contributed by atoms with van der Waals surface area (Å²) in [6.07, 6.45) is 4.11. The average molecular weight is 269 g/mol. The quantitative estimate of drug-likeness (QED) is 0.699. The molecule has 0 aromatic heterocycles. The molecule has 1 saturated heterocycles. The Morgan fingerprint density at radius 2 is 2.11 bits per heavy atom. The zero-order valence-electron chi connectivity index (χ0n) is 12.0. The molecule has 1 aliphatic heterocycles. The molecular formula is C14H27N3O2. The molecule has 2 aliphatic rings. The van der Waals surface area contributed by atoms with Crippen LogP contribution in [0.3, 0.4) is 0 Å². The molecule has 0 atom stereocenters. The number of carbonyl (C=O) groups excluding carboxylic acids is 1. The number of nitrogens with two attached hydrogens (primary N) is 1. The Bertz CT molecular complexity index is 299. The molecule has 1 amide bonds. The van der Waals surface area contributed by atoms with E-state index in [4.69, 9.17) is 10.5 Å². The van der Waals surface area contributed by atoms with Crippen molar-refractivity contribution in [3.05, 3.63) is 0 Å². The van der Waals surface area contributed by atoms with E-state index in [2.05, 4.69) is 17.1 Å². The van der Waals surface area contributed by atoms with Crippen LogP contribution in [0.2, 0.25) is 0 Å². The second-order valence-electron chi connectivity index (χ2n) is 5.71. The van der Waals surface area contributed by atoms with Gasteiger partial charge in [-0.05, 0) is 32.2 Å². The Labute approximate surface area is 115 Å². The summed E-state index contributed by atoms with van der Waals surface area (Å²) in [5.74, 6) is 0.116. The van der Waals surface area contributed by atoms with Crippen LogP contribution in [0.1, 0.15) is 32.6 Å². The van der Waals surface area contributed by atoms with Gasteiger partial charge in [0, 0.05) is 38.9 Å². The van der Waals surface area contributed by atoms with E-state index in [1.54, 1.807) is 0 Å². The standard InChI is InChI=1S/C14H27N3O2/c1-2-17(12-3-4-12)8-7-16-13(18)14(11-15)5-9-19-10-6-14/h12H,2-11,15H2,1H3,(H,16,18). The lowest BCUT2D eigenvalue weighted by Gasteiger charge is -2.34. The first-order valence-electron chi connectivity index (χ1n) is 7.52. The SMILES string of the molecule is CCN(CCNC(=O)C1(CN)CCOCC1)C1CC1. The van der Waals surface area contributed by atoms with Crippen molar-refractivity contribution in [1.82, 2.24) is 10.2 Å². The Balaban J connectivity index is 1.75. The van der Waals surface area contributed by atoms with Crippen LogP contribution in [-0.4, -0.2) is 56.2 Å². The first-order chi connectivity index (χ1) is 9.22. The van der Waals surface area contributed by atoms with Gasteiger partial charge in [0.2, 0.25) is 5.91 Å². The lowest BCUT2D eigenvalue weighted by Crippen LogP contribution is -2.50. The molecule has 2 fully saturated rings. The molecule has 3 N–H and O–H groups in total. The van der Waals surface area contributed by atoms with Gasteiger partial charge in [0.25, 0.3) is 0 Å². The normalized spacial score (nSPS) is 22.5. The number of nitrogens with zero attached hydrogens (tertiary/aromatic N) is 1. The highest BCUT2D eigenvalue weighted by atomic mass is 16.5. The second-order valence-corrected chi connectivity index (χ2v) is 5.71. The van der Waals surface area contributed by atoms with Gasteiger partial charge >= 0.3 is 0 Å². The molecule has 19 heavy (non-hydrogen) atoms.